The minimum Gasteiger partial charge on any atom is -0.423 e. The fourth-order valence-corrected chi connectivity index (χ4v) is 4.41. The lowest BCUT2D eigenvalue weighted by atomic mass is 9.84. The quantitative estimate of drug-likeness (QED) is 0.407. The van der Waals surface area contributed by atoms with Crippen LogP contribution in [0.2, 0.25) is 0 Å². The van der Waals surface area contributed by atoms with Crippen molar-refractivity contribution in [3.63, 3.8) is 0 Å². The van der Waals surface area contributed by atoms with Gasteiger partial charge in [-0.2, -0.15) is 18.3 Å². The van der Waals surface area contributed by atoms with Gasteiger partial charge in [-0.15, -0.1) is 10.2 Å². The highest BCUT2D eigenvalue weighted by atomic mass is 19.4. The number of nitrogens with two attached hydrogens (primary N) is 1. The fourth-order valence-electron chi connectivity index (χ4n) is 4.41. The summed E-state index contributed by atoms with van der Waals surface area (Å²) in [5.41, 5.74) is 5.95. The van der Waals surface area contributed by atoms with Crippen molar-refractivity contribution in [3.8, 4) is 11.5 Å². The minimum atomic E-state index is -4.26. The summed E-state index contributed by atoms with van der Waals surface area (Å²) < 4.78 is 45.1. The van der Waals surface area contributed by atoms with E-state index in [1.807, 2.05) is 0 Å². The molecule has 1 atom stereocenters. The molecular formula is C22H20F3N9O2. The van der Waals surface area contributed by atoms with Crippen molar-refractivity contribution in [2.45, 2.75) is 56.7 Å². The molecular weight excluding hydrogens is 479 g/mol. The molecule has 0 saturated heterocycles. The Morgan fingerprint density at radius 3 is 2.83 bits per heavy atom. The van der Waals surface area contributed by atoms with E-state index < -0.39 is 23.9 Å². The molecule has 1 aliphatic carbocycles. The first-order chi connectivity index (χ1) is 17.1. The molecule has 5 heterocycles. The van der Waals surface area contributed by atoms with Gasteiger partial charge in [-0.1, -0.05) is 0 Å². The van der Waals surface area contributed by atoms with Gasteiger partial charge in [0.1, 0.15) is 17.3 Å². The molecule has 1 aliphatic heterocycles. The van der Waals surface area contributed by atoms with Crippen molar-refractivity contribution < 1.29 is 22.4 Å². The number of amides is 1. The monoisotopic (exact) mass is 499 g/mol. The molecule has 2 aliphatic rings. The van der Waals surface area contributed by atoms with Gasteiger partial charge in [0.2, 0.25) is 17.7 Å². The summed E-state index contributed by atoms with van der Waals surface area (Å²) in [6.45, 7) is 1.62. The summed E-state index contributed by atoms with van der Waals surface area (Å²) in [5.74, 6) is 0.665. The summed E-state index contributed by atoms with van der Waals surface area (Å²) in [5, 5.41) is 15.9. The highest BCUT2D eigenvalue weighted by molar-refractivity contribution is 6.08. The van der Waals surface area contributed by atoms with E-state index in [-0.39, 0.29) is 47.9 Å². The summed E-state index contributed by atoms with van der Waals surface area (Å²) in [6.07, 6.45) is -1.92. The highest BCUT2D eigenvalue weighted by Gasteiger charge is 2.52. The van der Waals surface area contributed by atoms with Crippen LogP contribution in [-0.4, -0.2) is 47.0 Å². The molecule has 0 aromatic carbocycles. The normalized spacial score (nSPS) is 19.6. The molecule has 1 saturated carbocycles. The van der Waals surface area contributed by atoms with Crippen LogP contribution in [0, 0.1) is 0 Å². The first kappa shape index (κ1) is 22.4. The Hall–Kier alpha value is -4.10. The van der Waals surface area contributed by atoms with Crippen LogP contribution in [0.4, 0.5) is 24.8 Å². The molecule has 4 aromatic rings. The van der Waals surface area contributed by atoms with Gasteiger partial charge >= 0.3 is 6.18 Å². The fraction of sp³-hybridized carbons (Fsp3) is 0.409. The van der Waals surface area contributed by atoms with Crippen LogP contribution in [-0.2, 0) is 16.8 Å². The van der Waals surface area contributed by atoms with Crippen LogP contribution in [0.25, 0.3) is 22.6 Å². The number of nitrogens with zero attached hydrogens (tertiary/aromatic N) is 7. The molecule has 6 rings (SSSR count). The first-order valence-corrected chi connectivity index (χ1v) is 11.4. The molecule has 11 nitrogen and oxygen atoms in total. The summed E-state index contributed by atoms with van der Waals surface area (Å²) in [6, 6.07) is 3.40. The van der Waals surface area contributed by atoms with E-state index in [2.05, 4.69) is 35.6 Å². The third kappa shape index (κ3) is 3.55. The Bertz CT molecular complexity index is 1510. The van der Waals surface area contributed by atoms with Crippen LogP contribution < -0.4 is 11.1 Å². The second-order valence-electron chi connectivity index (χ2n) is 9.12. The van der Waals surface area contributed by atoms with Crippen LogP contribution in [0.1, 0.15) is 55.9 Å². The second kappa shape index (κ2) is 7.70. The van der Waals surface area contributed by atoms with Crippen molar-refractivity contribution in [2.24, 2.45) is 0 Å². The number of hydrogen-bond acceptors (Lipinski definition) is 9. The Kier molecular flexibility index (Phi) is 4.78. The first-order valence-electron chi connectivity index (χ1n) is 11.4. The number of pyridine rings is 1. The van der Waals surface area contributed by atoms with Gasteiger partial charge in [-0.25, -0.2) is 19.6 Å². The molecule has 4 aromatic heterocycles. The number of carbonyl (C=O) groups is 1. The molecule has 14 heteroatoms. The average Bonchev–Trinajstić information content (AvgIpc) is 3.33. The van der Waals surface area contributed by atoms with Crippen molar-refractivity contribution in [1.82, 2.24) is 34.9 Å². The average molecular weight is 499 g/mol. The molecule has 186 valence electrons. The van der Waals surface area contributed by atoms with Gasteiger partial charge < -0.3 is 15.5 Å². The second-order valence-corrected chi connectivity index (χ2v) is 9.12. The zero-order valence-corrected chi connectivity index (χ0v) is 19.0. The lowest BCUT2D eigenvalue weighted by molar-refractivity contribution is -0.136. The Morgan fingerprint density at radius 1 is 1.28 bits per heavy atom. The van der Waals surface area contributed by atoms with Crippen molar-refractivity contribution in [1.29, 1.82) is 0 Å². The van der Waals surface area contributed by atoms with Gasteiger partial charge in [0.15, 0.2) is 16.9 Å². The van der Waals surface area contributed by atoms with Gasteiger partial charge in [0, 0.05) is 25.1 Å². The van der Waals surface area contributed by atoms with E-state index in [9.17, 15) is 18.0 Å². The molecule has 36 heavy (non-hydrogen) atoms. The zero-order chi connectivity index (χ0) is 25.2. The lowest BCUT2D eigenvalue weighted by Gasteiger charge is -2.18. The van der Waals surface area contributed by atoms with Crippen LogP contribution in [0.3, 0.4) is 0 Å². The number of carbonyl (C=O) groups excluding carboxylic acids is 1. The molecule has 3 N–H and O–H groups in total. The highest BCUT2D eigenvalue weighted by Crippen LogP contribution is 2.46. The molecule has 0 bridgehead atoms. The lowest BCUT2D eigenvalue weighted by Crippen LogP contribution is -2.33. The van der Waals surface area contributed by atoms with Crippen LogP contribution >= 0.6 is 0 Å². The maximum atomic E-state index is 13.1. The van der Waals surface area contributed by atoms with E-state index in [4.69, 9.17) is 10.2 Å². The van der Waals surface area contributed by atoms with E-state index in [1.54, 1.807) is 19.1 Å². The Morgan fingerprint density at radius 2 is 2.08 bits per heavy atom. The third-order valence-corrected chi connectivity index (χ3v) is 6.47. The topological polar surface area (TPSA) is 151 Å². The molecule has 1 amide bonds. The molecule has 1 unspecified atom stereocenters. The number of fused-ring (bicyclic) bond motifs is 2. The third-order valence-electron chi connectivity index (χ3n) is 6.47. The SMILES string of the molecule is CC1(c2nnc(C3CC3)o2)C(=O)Nc2nc(-c3nn(CCCC(F)(F)F)c4ncccc34)nc(N)c21. The van der Waals surface area contributed by atoms with Crippen molar-refractivity contribution >= 4 is 28.6 Å². The summed E-state index contributed by atoms with van der Waals surface area (Å²) in [4.78, 5) is 26.3. The maximum Gasteiger partial charge on any atom is 0.389 e. The Labute approximate surface area is 201 Å². The number of aryl methyl sites for hydroxylation is 1. The maximum absolute atomic E-state index is 13.1. The predicted octanol–water partition coefficient (Wildman–Crippen LogP) is 3.33. The zero-order valence-electron chi connectivity index (χ0n) is 19.0. The number of alkyl halides is 3. The molecule has 0 radical (unpaired) electrons. The number of nitrogen functional groups attached to an aromatic ring is 1. The molecule has 1 fully saturated rings. The standard InChI is InChI=1S/C22H20F3N9O2/c1-21(20-32-31-18(36-20)10-5-6-10)12-14(26)28-16(29-15(12)30-19(21)35)13-11-4-2-8-27-17(11)34(33-13)9-3-7-22(23,24)25/h2,4,8,10H,3,5-7,9H2,1H3,(H3,26,28,29,30,35). The van der Waals surface area contributed by atoms with Crippen molar-refractivity contribution in [2.75, 3.05) is 11.1 Å². The van der Waals surface area contributed by atoms with Crippen LogP contribution in [0.5, 0.6) is 0 Å². The van der Waals surface area contributed by atoms with Gasteiger partial charge in [0.25, 0.3) is 0 Å². The van der Waals surface area contributed by atoms with E-state index in [0.29, 0.717) is 22.5 Å². The van der Waals surface area contributed by atoms with E-state index in [1.165, 1.54) is 10.9 Å². The largest absolute Gasteiger partial charge is 0.423 e. The number of hydrogen-bond donors (Lipinski definition) is 2. The van der Waals surface area contributed by atoms with Gasteiger partial charge in [-0.3, -0.25) is 4.79 Å². The van der Waals surface area contributed by atoms with Gasteiger partial charge in [-0.05, 0) is 38.3 Å². The number of rotatable bonds is 6. The number of nitrogens with one attached hydrogen (secondary N) is 1. The summed E-state index contributed by atoms with van der Waals surface area (Å²) in [7, 11) is 0. The minimum absolute atomic E-state index is 0.00272. The van der Waals surface area contributed by atoms with Gasteiger partial charge in [0.05, 0.1) is 10.9 Å². The smallest absolute Gasteiger partial charge is 0.389 e. The molecule has 0 spiro atoms. The number of aromatic nitrogens is 7. The Balaban J connectivity index is 1.40. The van der Waals surface area contributed by atoms with Crippen molar-refractivity contribution in [3.05, 3.63) is 35.7 Å². The number of halogens is 3. The van der Waals surface area contributed by atoms with E-state index >= 15 is 0 Å². The predicted molar refractivity (Wildman–Crippen MR) is 120 cm³/mol. The van der Waals surface area contributed by atoms with Crippen LogP contribution in [0.15, 0.2) is 22.7 Å². The number of anilines is 2. The summed E-state index contributed by atoms with van der Waals surface area (Å²) >= 11 is 0. The van der Waals surface area contributed by atoms with E-state index in [0.717, 1.165) is 12.8 Å².